The molecule has 0 spiro atoms. The maximum atomic E-state index is 11.1. The van der Waals surface area contributed by atoms with E-state index in [1.54, 1.807) is 24.2 Å². The number of aromatic nitrogens is 1. The standard InChI is InChI=1S/C10H11BrN4OS/c1-2-17-10(9(6-16)13-15-14-10)7-3-8(11)5-12-4-7/h3-6,9H,2H2,1H3,(H,13,14). The third-order valence-electron chi connectivity index (χ3n) is 2.45. The average molecular weight is 315 g/mol. The molecule has 1 aliphatic rings. The summed E-state index contributed by atoms with van der Waals surface area (Å²) >= 11 is 4.97. The number of halogens is 1. The van der Waals surface area contributed by atoms with Crippen molar-refractivity contribution in [1.29, 1.82) is 0 Å². The second kappa shape index (κ2) is 5.14. The summed E-state index contributed by atoms with van der Waals surface area (Å²) in [6.45, 7) is 2.03. The first-order valence-electron chi connectivity index (χ1n) is 5.10. The topological polar surface area (TPSA) is 66.7 Å². The number of thioether (sulfide) groups is 1. The summed E-state index contributed by atoms with van der Waals surface area (Å²) in [6, 6.07) is 1.40. The molecule has 0 saturated heterocycles. The summed E-state index contributed by atoms with van der Waals surface area (Å²) in [4.78, 5) is 14.6. The molecule has 5 nitrogen and oxygen atoms in total. The van der Waals surface area contributed by atoms with Crippen LogP contribution < -0.4 is 5.43 Å². The first-order chi connectivity index (χ1) is 8.23. The highest BCUT2D eigenvalue weighted by Crippen LogP contribution is 2.41. The minimum Gasteiger partial charge on any atom is -0.301 e. The highest BCUT2D eigenvalue weighted by molar-refractivity contribution is 9.10. The van der Waals surface area contributed by atoms with Crippen LogP contribution in [0.5, 0.6) is 0 Å². The third-order valence-corrected chi connectivity index (χ3v) is 4.20. The lowest BCUT2D eigenvalue weighted by Gasteiger charge is -2.29. The Balaban J connectivity index is 2.44. The number of pyridine rings is 1. The van der Waals surface area contributed by atoms with Crippen LogP contribution in [-0.2, 0) is 9.67 Å². The number of nitrogens with one attached hydrogen (secondary N) is 1. The molecule has 0 radical (unpaired) electrons. The highest BCUT2D eigenvalue weighted by atomic mass is 79.9. The first-order valence-corrected chi connectivity index (χ1v) is 6.88. The largest absolute Gasteiger partial charge is 0.301 e. The maximum absolute atomic E-state index is 11.1. The van der Waals surface area contributed by atoms with Crippen molar-refractivity contribution < 1.29 is 4.79 Å². The summed E-state index contributed by atoms with van der Waals surface area (Å²) in [5, 5.41) is 7.71. The van der Waals surface area contributed by atoms with Gasteiger partial charge < -0.3 is 4.79 Å². The number of hydrogen-bond acceptors (Lipinski definition) is 6. The second-order valence-corrected chi connectivity index (χ2v) is 5.89. The van der Waals surface area contributed by atoms with Crippen molar-refractivity contribution in [1.82, 2.24) is 10.4 Å². The van der Waals surface area contributed by atoms with Crippen LogP contribution in [0.15, 0.2) is 33.3 Å². The smallest absolute Gasteiger partial charge is 0.166 e. The van der Waals surface area contributed by atoms with Crippen molar-refractivity contribution in [2.45, 2.75) is 17.8 Å². The van der Waals surface area contributed by atoms with Gasteiger partial charge in [-0.15, -0.1) is 11.8 Å². The molecular weight excluding hydrogens is 304 g/mol. The molecule has 7 heteroatoms. The Hall–Kier alpha value is -0.950. The van der Waals surface area contributed by atoms with Crippen LogP contribution in [0.1, 0.15) is 12.5 Å². The predicted octanol–water partition coefficient (Wildman–Crippen LogP) is 2.29. The van der Waals surface area contributed by atoms with Gasteiger partial charge >= 0.3 is 0 Å². The second-order valence-electron chi connectivity index (χ2n) is 3.47. The number of carbonyl (C=O) groups is 1. The van der Waals surface area contributed by atoms with Crippen LogP contribution in [0.25, 0.3) is 0 Å². The molecule has 1 aromatic rings. The van der Waals surface area contributed by atoms with E-state index >= 15 is 0 Å². The van der Waals surface area contributed by atoms with Crippen molar-refractivity contribution in [2.75, 3.05) is 5.75 Å². The summed E-state index contributed by atoms with van der Waals surface area (Å²) in [7, 11) is 0. The molecule has 0 aromatic carbocycles. The zero-order valence-corrected chi connectivity index (χ0v) is 11.5. The monoisotopic (exact) mass is 314 g/mol. The normalized spacial score (nSPS) is 26.8. The minimum absolute atomic E-state index is 0.524. The Bertz CT molecular complexity index is 456. The van der Waals surface area contributed by atoms with Crippen LogP contribution in [-0.4, -0.2) is 23.1 Å². The summed E-state index contributed by atoms with van der Waals surface area (Å²) in [6.07, 6.45) is 4.24. The van der Waals surface area contributed by atoms with Crippen molar-refractivity contribution in [2.24, 2.45) is 10.3 Å². The summed E-state index contributed by atoms with van der Waals surface area (Å²) in [5.74, 6) is 0.842. The maximum Gasteiger partial charge on any atom is 0.166 e. The lowest BCUT2D eigenvalue weighted by Crippen LogP contribution is -2.42. The highest BCUT2D eigenvalue weighted by Gasteiger charge is 2.45. The van der Waals surface area contributed by atoms with E-state index < -0.39 is 10.9 Å². The van der Waals surface area contributed by atoms with Crippen LogP contribution in [0.4, 0.5) is 0 Å². The zero-order chi connectivity index (χ0) is 12.3. The summed E-state index contributed by atoms with van der Waals surface area (Å²) in [5.41, 5.74) is 3.83. The average Bonchev–Trinajstić information content (AvgIpc) is 2.74. The Morgan fingerprint density at radius 2 is 2.47 bits per heavy atom. The number of carbonyl (C=O) groups excluding carboxylic acids is 1. The van der Waals surface area contributed by atoms with E-state index in [9.17, 15) is 4.79 Å². The van der Waals surface area contributed by atoms with Gasteiger partial charge in [0.1, 0.15) is 6.29 Å². The van der Waals surface area contributed by atoms with Gasteiger partial charge in [0.05, 0.1) is 0 Å². The fraction of sp³-hybridized carbons (Fsp3) is 0.400. The molecule has 2 unspecified atom stereocenters. The fourth-order valence-corrected chi connectivity index (χ4v) is 3.19. The van der Waals surface area contributed by atoms with Crippen LogP contribution in [0.2, 0.25) is 0 Å². The molecule has 90 valence electrons. The molecule has 1 aromatic heterocycles. The molecule has 2 atom stereocenters. The SMILES string of the molecule is CCSC1(c2cncc(Br)c2)NN=NC1C=O. The van der Waals surface area contributed by atoms with E-state index in [2.05, 4.69) is 36.7 Å². The van der Waals surface area contributed by atoms with Gasteiger partial charge in [-0.3, -0.25) is 10.4 Å². The van der Waals surface area contributed by atoms with Crippen LogP contribution in [0, 0.1) is 0 Å². The van der Waals surface area contributed by atoms with Crippen LogP contribution >= 0.6 is 27.7 Å². The van der Waals surface area contributed by atoms with Crippen molar-refractivity contribution in [3.05, 3.63) is 28.5 Å². The lowest BCUT2D eigenvalue weighted by atomic mass is 10.0. The minimum atomic E-state index is -0.632. The molecule has 2 rings (SSSR count). The summed E-state index contributed by atoms with van der Waals surface area (Å²) < 4.78 is 0.865. The van der Waals surface area contributed by atoms with E-state index in [4.69, 9.17) is 0 Å². The van der Waals surface area contributed by atoms with Crippen LogP contribution in [0.3, 0.4) is 0 Å². The molecular formula is C10H11BrN4OS. The van der Waals surface area contributed by atoms with Crippen molar-refractivity contribution in [3.63, 3.8) is 0 Å². The molecule has 1 aliphatic heterocycles. The van der Waals surface area contributed by atoms with Gasteiger partial charge in [-0.05, 0) is 27.7 Å². The molecule has 0 bridgehead atoms. The molecule has 2 heterocycles. The number of nitrogens with zero attached hydrogens (tertiary/aromatic N) is 3. The molecule has 0 aliphatic carbocycles. The Labute approximate surface area is 112 Å². The molecule has 17 heavy (non-hydrogen) atoms. The first kappa shape index (κ1) is 12.5. The van der Waals surface area contributed by atoms with E-state index in [0.29, 0.717) is 0 Å². The Kier molecular flexibility index (Phi) is 3.78. The lowest BCUT2D eigenvalue weighted by molar-refractivity contribution is -0.109. The van der Waals surface area contributed by atoms with Crippen molar-refractivity contribution in [3.8, 4) is 0 Å². The van der Waals surface area contributed by atoms with Gasteiger partial charge in [0.15, 0.2) is 10.9 Å². The number of hydrogen-bond donors (Lipinski definition) is 1. The number of rotatable bonds is 4. The van der Waals surface area contributed by atoms with Gasteiger partial charge in [0, 0.05) is 22.4 Å². The van der Waals surface area contributed by atoms with E-state index in [0.717, 1.165) is 22.1 Å². The van der Waals surface area contributed by atoms with E-state index in [1.165, 1.54) is 0 Å². The van der Waals surface area contributed by atoms with Gasteiger partial charge in [-0.25, -0.2) is 0 Å². The van der Waals surface area contributed by atoms with Crippen molar-refractivity contribution >= 4 is 34.0 Å². The zero-order valence-electron chi connectivity index (χ0n) is 9.13. The Morgan fingerprint density at radius 3 is 3.12 bits per heavy atom. The van der Waals surface area contributed by atoms with E-state index in [-0.39, 0.29) is 0 Å². The fourth-order valence-electron chi connectivity index (χ4n) is 1.71. The van der Waals surface area contributed by atoms with Gasteiger partial charge in [0.25, 0.3) is 0 Å². The van der Waals surface area contributed by atoms with Gasteiger partial charge in [0.2, 0.25) is 0 Å². The molecule has 1 N–H and O–H groups in total. The molecule has 0 fully saturated rings. The third kappa shape index (κ3) is 2.21. The quantitative estimate of drug-likeness (QED) is 0.866. The Morgan fingerprint density at radius 1 is 1.65 bits per heavy atom. The predicted molar refractivity (Wildman–Crippen MR) is 69.6 cm³/mol. The van der Waals surface area contributed by atoms with Gasteiger partial charge in [-0.1, -0.05) is 12.1 Å². The van der Waals surface area contributed by atoms with E-state index in [1.807, 2.05) is 13.0 Å². The number of aldehydes is 1. The molecule has 0 saturated carbocycles. The van der Waals surface area contributed by atoms with Gasteiger partial charge in [-0.2, -0.15) is 5.11 Å². The molecule has 0 amide bonds.